The number of ketones is 3. The molecule has 0 spiro atoms. The van der Waals surface area contributed by atoms with Gasteiger partial charge >= 0.3 is 0 Å². The maximum Gasteiger partial charge on any atom is 0.247 e. The lowest BCUT2D eigenvalue weighted by Gasteiger charge is -2.35. The molecule has 706 valence electrons. The number of terminal acetylenes is 1. The number of ether oxygens (including phenoxy) is 3. The van der Waals surface area contributed by atoms with E-state index in [0.29, 0.717) is 54.4 Å². The molecule has 0 bridgehead atoms. The van der Waals surface area contributed by atoms with Crippen LogP contribution >= 0.6 is 34.6 Å². The second-order valence-corrected chi connectivity index (χ2v) is 39.2. The Morgan fingerprint density at radius 1 is 0.444 bits per heavy atom. The Hall–Kier alpha value is -11.7. The fraction of sp³-hybridized carbons (Fsp3) is 0.467. The van der Waals surface area contributed by atoms with E-state index in [-0.39, 0.29) is 147 Å². The number of aromatic nitrogens is 6. The molecular weight excluding hydrogens is 1760 g/mol. The highest BCUT2D eigenvalue weighted by Crippen LogP contribution is 2.40. The smallest absolute Gasteiger partial charge is 0.247 e. The first-order valence-corrected chi connectivity index (χ1v) is 50.3. The first kappa shape index (κ1) is 99.3. The Morgan fingerprint density at radius 3 is 1.20 bits per heavy atom. The molecule has 15 rings (SSSR count). The van der Waals surface area contributed by atoms with Crippen molar-refractivity contribution in [1.29, 1.82) is 0 Å². The molecule has 9 aromatic rings. The van der Waals surface area contributed by atoms with E-state index in [2.05, 4.69) is 79.6 Å². The highest BCUT2D eigenvalue weighted by Gasteiger charge is 2.49. The molecule has 28 heteroatoms. The van der Waals surface area contributed by atoms with Crippen molar-refractivity contribution in [3.05, 3.63) is 207 Å². The van der Waals surface area contributed by atoms with Gasteiger partial charge in [0.05, 0.1) is 66.0 Å². The standard InChI is InChI=1S/C71H81N9O8S2.C36H42N4O4S/c1-5-46(2)67(83)73-66(55-28-16-9-17-29-55)71(86)79-42-56(38-59(79)62(82)41-63-64(75-77-89-63)53-24-12-7-13-25-53)87-44-50-34-30-48(31-35-50)20-18-19-21-49-32-36-51(37-33-49)45-88-57-39-60(68(84)74-69-65(76-78-90-69)54-26-14-8-15-27-54)80(43-57)70(85)58(40-61(81)47(3)72-4)52-22-10-6-11-23-52;1-4-24(3)35(42)37-34(28-14-10-7-11-15-28)36(43)40-22-29(44-23-26-18-16-25(5-2)17-19-26)20-30(40)31(41)21-32-33(38-39-45-32)27-12-8-6-9-13-27/h7-8,12-15,24-27,30-37,46-47,52,55-60,66,72H,5-6,9-11,16-17,22-23,28-29,38-45H2,1-4H3,(H,73,83)(H,74,84);2,6,8-9,12-13,16-19,24,28-30,34H,4,7,10-11,14-15,20-23H2,1,3H3,(H,37,42)/t46-,47+,56?,57+,58+,59+,60+,66+;24-,29?,30+,34+/m11/s1. The van der Waals surface area contributed by atoms with Crippen molar-refractivity contribution in [1.82, 2.24) is 59.4 Å². The lowest BCUT2D eigenvalue weighted by molar-refractivity contribution is -0.144. The Morgan fingerprint density at radius 2 is 0.807 bits per heavy atom. The molecule has 6 aliphatic rings. The molecule has 3 saturated carbocycles. The monoisotopic (exact) mass is 1880 g/mol. The Labute approximate surface area is 804 Å². The number of nitrogens with one attached hydrogen (secondary N) is 4. The molecule has 4 N–H and O–H groups in total. The summed E-state index contributed by atoms with van der Waals surface area (Å²) in [5.74, 6) is 12.5. The van der Waals surface area contributed by atoms with Crippen molar-refractivity contribution in [2.24, 2.45) is 35.5 Å². The summed E-state index contributed by atoms with van der Waals surface area (Å²) >= 11 is 3.48. The number of hydrogen-bond donors (Lipinski definition) is 4. The van der Waals surface area contributed by atoms with Crippen LogP contribution in [0.3, 0.4) is 0 Å². The van der Waals surface area contributed by atoms with Crippen molar-refractivity contribution >= 4 is 92.4 Å². The molecule has 3 saturated heterocycles. The van der Waals surface area contributed by atoms with Crippen molar-refractivity contribution in [3.8, 4) is 69.8 Å². The number of amides is 6. The number of likely N-dealkylation sites (N-methyl/N-ethyl adjacent to an activating group) is 1. The zero-order valence-corrected chi connectivity index (χ0v) is 80.4. The van der Waals surface area contributed by atoms with Crippen molar-refractivity contribution in [2.75, 3.05) is 32.0 Å². The first-order chi connectivity index (χ1) is 65.7. The topological polar surface area (TPSA) is 316 Å². The number of carbonyl (C=O) groups is 9. The lowest BCUT2D eigenvalue weighted by atomic mass is 9.76. The summed E-state index contributed by atoms with van der Waals surface area (Å²) in [7, 11) is 1.75. The molecule has 6 heterocycles. The Kier molecular flexibility index (Phi) is 36.2. The minimum absolute atomic E-state index is 0.0140. The molecule has 25 nitrogen and oxygen atoms in total. The van der Waals surface area contributed by atoms with Gasteiger partial charge in [-0.25, -0.2) is 0 Å². The van der Waals surface area contributed by atoms with Gasteiger partial charge in [0.1, 0.15) is 46.0 Å². The third-order valence-electron chi connectivity index (χ3n) is 27.7. The highest BCUT2D eigenvalue weighted by atomic mass is 32.1. The first-order valence-electron chi connectivity index (χ1n) is 48.0. The summed E-state index contributed by atoms with van der Waals surface area (Å²) in [6.45, 7) is 11.1. The molecule has 6 amide bonds. The van der Waals surface area contributed by atoms with Gasteiger partial charge in [0, 0.05) is 121 Å². The average Bonchev–Trinajstić information content (AvgIpc) is 1.67. The Bertz CT molecular complexity index is 5440. The minimum Gasteiger partial charge on any atom is -0.372 e. The van der Waals surface area contributed by atoms with Crippen LogP contribution in [0.5, 0.6) is 0 Å². The molecule has 3 aromatic heterocycles. The fourth-order valence-corrected chi connectivity index (χ4v) is 21.1. The van der Waals surface area contributed by atoms with Gasteiger partial charge in [-0.05, 0) is 171 Å². The molecule has 0 radical (unpaired) electrons. The number of benzene rings is 6. The highest BCUT2D eigenvalue weighted by molar-refractivity contribution is 7.10. The predicted molar refractivity (Wildman–Crippen MR) is 523 cm³/mol. The number of rotatable bonds is 36. The van der Waals surface area contributed by atoms with E-state index in [0.717, 1.165) is 168 Å². The van der Waals surface area contributed by atoms with Crippen molar-refractivity contribution in [2.45, 2.75) is 257 Å². The number of hydrogen-bond acceptors (Lipinski definition) is 22. The number of likely N-dealkylation sites (tertiary alicyclic amines) is 3. The number of nitrogens with zero attached hydrogens (tertiary/aromatic N) is 9. The van der Waals surface area contributed by atoms with Crippen LogP contribution in [0.4, 0.5) is 5.00 Å². The lowest BCUT2D eigenvalue weighted by Crippen LogP contribution is -2.56. The molecule has 6 aromatic carbocycles. The second kappa shape index (κ2) is 49.2. The van der Waals surface area contributed by atoms with Gasteiger partial charge in [0.25, 0.3) is 0 Å². The van der Waals surface area contributed by atoms with E-state index in [1.807, 2.05) is 198 Å². The van der Waals surface area contributed by atoms with Crippen LogP contribution in [-0.2, 0) is 90.0 Å². The van der Waals surface area contributed by atoms with Crippen LogP contribution in [0.1, 0.15) is 213 Å². The number of carbonyl (C=O) groups excluding carboxylic acids is 9. The van der Waals surface area contributed by atoms with Crippen LogP contribution < -0.4 is 21.3 Å². The van der Waals surface area contributed by atoms with Gasteiger partial charge in [0.15, 0.2) is 11.6 Å². The maximum atomic E-state index is 14.9. The molecule has 3 aliphatic carbocycles. The van der Waals surface area contributed by atoms with E-state index in [1.165, 1.54) is 23.1 Å². The van der Waals surface area contributed by atoms with E-state index >= 15 is 0 Å². The van der Waals surface area contributed by atoms with Gasteiger partial charge in [-0.2, -0.15) is 0 Å². The average molecular weight is 1880 g/mol. The SMILES string of the molecule is C#Cc1ccc(COC2C[C@@H](C(=O)Cc3snnc3-c3ccccc3)N(C(=O)[C@@H](NC(=O)[C@H](C)CC)C3CCCCC3)C2)cc1.CC[C@@H](C)C(=O)N[C@H](C(=O)N1CC(OCc2ccc(C#CC#Cc3ccc(CO[C@H]4C[C@@H](C(=O)Nc5snnc5-c5ccccc5)N(C(=O)[C@@H](CC(=O)[C@H](C)NC)C5CCCCC5)C4)cc3)cc2)C[C@H]1C(=O)Cc1snnc1-c1ccccc1)C1CCCCC1. The van der Waals surface area contributed by atoms with Crippen LogP contribution in [0.15, 0.2) is 164 Å². The van der Waals surface area contributed by atoms with Crippen LogP contribution in [0.2, 0.25) is 0 Å². The van der Waals surface area contributed by atoms with Gasteiger partial charge in [0.2, 0.25) is 35.4 Å². The summed E-state index contributed by atoms with van der Waals surface area (Å²) in [5, 5.41) is 25.8. The largest absolute Gasteiger partial charge is 0.372 e. The van der Waals surface area contributed by atoms with E-state index in [9.17, 15) is 43.2 Å². The zero-order chi connectivity index (χ0) is 94.7. The van der Waals surface area contributed by atoms with Gasteiger partial charge in [-0.1, -0.05) is 244 Å². The molecule has 6 fully saturated rings. The van der Waals surface area contributed by atoms with E-state index < -0.39 is 54.4 Å². The van der Waals surface area contributed by atoms with Crippen molar-refractivity contribution in [3.63, 3.8) is 0 Å². The predicted octanol–water partition coefficient (Wildman–Crippen LogP) is 16.0. The molecule has 135 heavy (non-hydrogen) atoms. The third-order valence-corrected chi connectivity index (χ3v) is 29.7. The van der Waals surface area contributed by atoms with Gasteiger partial charge in [-0.15, -0.1) is 21.7 Å². The van der Waals surface area contributed by atoms with Crippen LogP contribution in [0, 0.1) is 71.5 Å². The van der Waals surface area contributed by atoms with Gasteiger partial charge < -0.3 is 50.2 Å². The summed E-state index contributed by atoms with van der Waals surface area (Å²) in [4.78, 5) is 134. The summed E-state index contributed by atoms with van der Waals surface area (Å²) in [6.07, 6.45) is 21.5. The van der Waals surface area contributed by atoms with Crippen LogP contribution in [-0.4, -0.2) is 177 Å². The quantitative estimate of drug-likeness (QED) is 0.0265. The molecule has 3 aliphatic heterocycles. The minimum atomic E-state index is -0.834. The fourth-order valence-electron chi connectivity index (χ4n) is 19.1. The third kappa shape index (κ3) is 26.6. The molecule has 2 unspecified atom stereocenters. The molecular formula is C107H123N13O12S3. The number of anilines is 1. The van der Waals surface area contributed by atoms with E-state index in [4.69, 9.17) is 20.6 Å². The van der Waals surface area contributed by atoms with Crippen LogP contribution in [0.25, 0.3) is 33.8 Å². The van der Waals surface area contributed by atoms with Gasteiger partial charge in [-0.3, -0.25) is 43.2 Å². The summed E-state index contributed by atoms with van der Waals surface area (Å²) in [6, 6.07) is 47.9. The van der Waals surface area contributed by atoms with E-state index in [1.54, 1.807) is 21.7 Å². The molecule has 12 atom stereocenters. The summed E-state index contributed by atoms with van der Waals surface area (Å²) < 4.78 is 31.8. The maximum absolute atomic E-state index is 14.9. The normalized spacial score (nSPS) is 19.9. The number of Topliss-reactive ketones (excluding diaryl/α,β-unsaturated/α-hetero) is 3. The summed E-state index contributed by atoms with van der Waals surface area (Å²) in [5.41, 5.74) is 9.60. The second-order valence-electron chi connectivity index (χ2n) is 36.7. The zero-order valence-electron chi connectivity index (χ0n) is 78.0. The van der Waals surface area contributed by atoms with Crippen molar-refractivity contribution < 1.29 is 57.4 Å². The Balaban J connectivity index is 0.000000271.